The summed E-state index contributed by atoms with van der Waals surface area (Å²) >= 11 is 0. The highest BCUT2D eigenvalue weighted by Gasteiger charge is 2.30. The van der Waals surface area contributed by atoms with Gasteiger partial charge in [0.05, 0.1) is 11.1 Å². The van der Waals surface area contributed by atoms with E-state index in [4.69, 9.17) is 10.3 Å². The van der Waals surface area contributed by atoms with Crippen LogP contribution in [0.5, 0.6) is 0 Å². The second-order valence-electron chi connectivity index (χ2n) is 3.42. The van der Waals surface area contributed by atoms with Crippen LogP contribution in [0.4, 0.5) is 5.69 Å². The zero-order chi connectivity index (χ0) is 8.84. The van der Waals surface area contributed by atoms with E-state index in [1.165, 1.54) is 12.8 Å². The number of anilines is 1. The van der Waals surface area contributed by atoms with Crippen LogP contribution in [0.15, 0.2) is 16.8 Å². The first-order valence-electron chi connectivity index (χ1n) is 4.36. The van der Waals surface area contributed by atoms with Gasteiger partial charge >= 0.3 is 0 Å². The molecule has 3 rings (SSSR count). The predicted molar refractivity (Wildman–Crippen MR) is 48.2 cm³/mol. The quantitative estimate of drug-likeness (QED) is 0.716. The largest absolute Gasteiger partial charge is 0.398 e. The number of hydrogen-bond acceptors (Lipinski definition) is 4. The van der Waals surface area contributed by atoms with Crippen molar-refractivity contribution >= 4 is 16.8 Å². The summed E-state index contributed by atoms with van der Waals surface area (Å²) in [5.41, 5.74) is 8.09. The van der Waals surface area contributed by atoms with Gasteiger partial charge in [-0.05, 0) is 18.9 Å². The molecule has 2 aromatic heterocycles. The van der Waals surface area contributed by atoms with Crippen LogP contribution in [0.25, 0.3) is 11.1 Å². The Morgan fingerprint density at radius 2 is 2.31 bits per heavy atom. The average Bonchev–Trinajstić information content (AvgIpc) is 2.87. The lowest BCUT2D eigenvalue weighted by atomic mass is 10.2. The van der Waals surface area contributed by atoms with Crippen LogP contribution in [0.2, 0.25) is 0 Å². The van der Waals surface area contributed by atoms with Crippen molar-refractivity contribution in [3.63, 3.8) is 0 Å². The Labute approximate surface area is 74.7 Å². The summed E-state index contributed by atoms with van der Waals surface area (Å²) in [7, 11) is 0. The van der Waals surface area contributed by atoms with E-state index in [0.29, 0.717) is 17.3 Å². The van der Waals surface area contributed by atoms with Gasteiger partial charge in [-0.15, -0.1) is 0 Å². The van der Waals surface area contributed by atoms with Gasteiger partial charge in [0.25, 0.3) is 5.71 Å². The molecule has 1 aliphatic carbocycles. The summed E-state index contributed by atoms with van der Waals surface area (Å²) in [5.74, 6) is 0.549. The van der Waals surface area contributed by atoms with Crippen molar-refractivity contribution in [2.24, 2.45) is 0 Å². The normalized spacial score (nSPS) is 16.6. The molecule has 0 radical (unpaired) electrons. The van der Waals surface area contributed by atoms with Crippen LogP contribution in [0, 0.1) is 0 Å². The Morgan fingerprint density at radius 3 is 3.08 bits per heavy atom. The van der Waals surface area contributed by atoms with Crippen LogP contribution in [-0.2, 0) is 0 Å². The molecule has 0 aliphatic heterocycles. The molecule has 1 fully saturated rings. The van der Waals surface area contributed by atoms with Crippen LogP contribution < -0.4 is 5.73 Å². The highest BCUT2D eigenvalue weighted by atomic mass is 16.5. The minimum absolute atomic E-state index is 0.549. The molecule has 0 unspecified atom stereocenters. The van der Waals surface area contributed by atoms with Gasteiger partial charge in [0.1, 0.15) is 0 Å². The highest BCUT2D eigenvalue weighted by Crippen LogP contribution is 2.43. The van der Waals surface area contributed by atoms with Crippen LogP contribution in [0.3, 0.4) is 0 Å². The third-order valence-corrected chi connectivity index (χ3v) is 2.40. The summed E-state index contributed by atoms with van der Waals surface area (Å²) < 4.78 is 5.09. The maximum absolute atomic E-state index is 5.83. The topological polar surface area (TPSA) is 64.9 Å². The van der Waals surface area contributed by atoms with Crippen molar-refractivity contribution in [3.8, 4) is 0 Å². The van der Waals surface area contributed by atoms with Crippen molar-refractivity contribution in [3.05, 3.63) is 18.0 Å². The summed E-state index contributed by atoms with van der Waals surface area (Å²) in [6.45, 7) is 0. The Morgan fingerprint density at radius 1 is 1.46 bits per heavy atom. The molecule has 2 N–H and O–H groups in total. The van der Waals surface area contributed by atoms with Crippen LogP contribution in [0.1, 0.15) is 24.5 Å². The maximum atomic E-state index is 5.83. The van der Waals surface area contributed by atoms with E-state index < -0.39 is 0 Å². The van der Waals surface area contributed by atoms with Crippen LogP contribution in [-0.4, -0.2) is 10.1 Å². The Bertz CT molecular complexity index is 459. The monoisotopic (exact) mass is 175 g/mol. The van der Waals surface area contributed by atoms with E-state index in [1.54, 1.807) is 12.3 Å². The van der Waals surface area contributed by atoms with Gasteiger partial charge in [-0.3, -0.25) is 0 Å². The molecule has 0 atom stereocenters. The molecule has 1 saturated carbocycles. The van der Waals surface area contributed by atoms with Crippen molar-refractivity contribution in [1.82, 2.24) is 10.1 Å². The highest BCUT2D eigenvalue weighted by molar-refractivity contribution is 5.89. The van der Waals surface area contributed by atoms with Crippen LogP contribution >= 0.6 is 0 Å². The standard InChI is InChI=1S/C9H9N3O/c10-6-3-4-11-9-7(6)8(12-13-9)5-1-2-5/h3-5H,1-2H2,(H2,10,11). The molecule has 13 heavy (non-hydrogen) atoms. The molecule has 0 spiro atoms. The number of fused-ring (bicyclic) bond motifs is 1. The molecule has 0 aromatic carbocycles. The zero-order valence-electron chi connectivity index (χ0n) is 7.03. The fourth-order valence-corrected chi connectivity index (χ4v) is 1.56. The van der Waals surface area contributed by atoms with Crippen molar-refractivity contribution < 1.29 is 4.52 Å². The van der Waals surface area contributed by atoms with Crippen molar-refractivity contribution in [2.75, 3.05) is 5.73 Å². The molecular weight excluding hydrogens is 166 g/mol. The Hall–Kier alpha value is -1.58. The van der Waals surface area contributed by atoms with Crippen molar-refractivity contribution in [1.29, 1.82) is 0 Å². The number of nitrogen functional groups attached to an aromatic ring is 1. The smallest absolute Gasteiger partial charge is 0.260 e. The summed E-state index contributed by atoms with van der Waals surface area (Å²) in [4.78, 5) is 4.06. The lowest BCUT2D eigenvalue weighted by Crippen LogP contribution is -1.89. The van der Waals surface area contributed by atoms with E-state index in [2.05, 4.69) is 10.1 Å². The van der Waals surface area contributed by atoms with Gasteiger partial charge in [-0.2, -0.15) is 0 Å². The first kappa shape index (κ1) is 6.88. The SMILES string of the molecule is Nc1ccnc2onc(C3CC3)c12. The van der Waals surface area contributed by atoms with Gasteiger partial charge in [-0.25, -0.2) is 4.98 Å². The number of nitrogens with two attached hydrogens (primary N) is 1. The fourth-order valence-electron chi connectivity index (χ4n) is 1.56. The van der Waals surface area contributed by atoms with E-state index >= 15 is 0 Å². The molecule has 0 bridgehead atoms. The number of pyridine rings is 1. The lowest BCUT2D eigenvalue weighted by molar-refractivity contribution is 0.439. The third kappa shape index (κ3) is 0.915. The number of hydrogen-bond donors (Lipinski definition) is 1. The second kappa shape index (κ2) is 2.22. The predicted octanol–water partition coefficient (Wildman–Crippen LogP) is 1.68. The summed E-state index contributed by atoms with van der Waals surface area (Å²) in [6, 6.07) is 1.78. The number of nitrogens with zero attached hydrogens (tertiary/aromatic N) is 2. The first-order valence-corrected chi connectivity index (χ1v) is 4.36. The minimum Gasteiger partial charge on any atom is -0.398 e. The molecule has 0 saturated heterocycles. The number of aromatic nitrogens is 2. The second-order valence-corrected chi connectivity index (χ2v) is 3.42. The average molecular weight is 175 g/mol. The minimum atomic E-state index is 0.549. The lowest BCUT2D eigenvalue weighted by Gasteiger charge is -1.94. The molecular formula is C9H9N3O. The van der Waals surface area contributed by atoms with Crippen molar-refractivity contribution in [2.45, 2.75) is 18.8 Å². The first-order chi connectivity index (χ1) is 6.36. The molecule has 0 amide bonds. The molecule has 2 aromatic rings. The molecule has 66 valence electrons. The zero-order valence-corrected chi connectivity index (χ0v) is 7.03. The van der Waals surface area contributed by atoms with E-state index in [9.17, 15) is 0 Å². The van der Waals surface area contributed by atoms with Gasteiger partial charge in [0, 0.05) is 17.8 Å². The van der Waals surface area contributed by atoms with Gasteiger partial charge in [0.15, 0.2) is 0 Å². The van der Waals surface area contributed by atoms with E-state index in [0.717, 1.165) is 11.1 Å². The van der Waals surface area contributed by atoms with Gasteiger partial charge in [-0.1, -0.05) is 5.16 Å². The third-order valence-electron chi connectivity index (χ3n) is 2.40. The molecule has 1 aliphatic rings. The summed E-state index contributed by atoms with van der Waals surface area (Å²) in [5, 5.41) is 4.91. The Kier molecular flexibility index (Phi) is 1.17. The molecule has 2 heterocycles. The Balaban J connectivity index is 2.34. The van der Waals surface area contributed by atoms with E-state index in [-0.39, 0.29) is 0 Å². The summed E-state index contributed by atoms with van der Waals surface area (Å²) in [6.07, 6.45) is 4.02. The van der Waals surface area contributed by atoms with Gasteiger partial charge < -0.3 is 10.3 Å². The molecule has 4 nitrogen and oxygen atoms in total. The molecule has 4 heteroatoms. The number of rotatable bonds is 1. The van der Waals surface area contributed by atoms with Gasteiger partial charge in [0.2, 0.25) is 0 Å². The van der Waals surface area contributed by atoms with E-state index in [1.807, 2.05) is 0 Å². The fraction of sp³-hybridized carbons (Fsp3) is 0.333. The maximum Gasteiger partial charge on any atom is 0.260 e.